The minimum Gasteiger partial charge on any atom is -0.387 e. The van der Waals surface area contributed by atoms with Gasteiger partial charge in [0.25, 0.3) is 0 Å². The van der Waals surface area contributed by atoms with E-state index in [0.29, 0.717) is 12.8 Å². The van der Waals surface area contributed by atoms with Crippen molar-refractivity contribution in [2.75, 3.05) is 6.54 Å². The van der Waals surface area contributed by atoms with E-state index in [0.717, 1.165) is 24.3 Å². The van der Waals surface area contributed by atoms with Gasteiger partial charge in [0.2, 0.25) is 10.0 Å². The van der Waals surface area contributed by atoms with Crippen molar-refractivity contribution >= 4 is 10.0 Å². The summed E-state index contributed by atoms with van der Waals surface area (Å²) in [5, 5.41) is 9.37. The molecule has 4 nitrogen and oxygen atoms in total. The Balaban J connectivity index is 1.97. The fourth-order valence-corrected chi connectivity index (χ4v) is 3.09. The molecule has 1 aromatic rings. The Morgan fingerprint density at radius 1 is 1.25 bits per heavy atom. The van der Waals surface area contributed by atoms with Crippen LogP contribution in [0.1, 0.15) is 30.1 Å². The zero-order valence-corrected chi connectivity index (χ0v) is 11.2. The van der Waals surface area contributed by atoms with Crippen LogP contribution in [-0.4, -0.2) is 25.3 Å². The maximum atomic E-state index is 12.4. The van der Waals surface area contributed by atoms with E-state index in [1.807, 2.05) is 0 Å². The first-order valence-electron chi connectivity index (χ1n) is 6.04. The van der Waals surface area contributed by atoms with Gasteiger partial charge in [0, 0.05) is 6.54 Å². The van der Waals surface area contributed by atoms with Gasteiger partial charge in [-0.2, -0.15) is 13.2 Å². The number of rotatable bonds is 5. The smallest absolute Gasteiger partial charge is 0.387 e. The molecule has 20 heavy (non-hydrogen) atoms. The molecule has 0 aliphatic heterocycles. The maximum Gasteiger partial charge on any atom is 0.416 e. The number of sulfonamides is 1. The second-order valence-electron chi connectivity index (χ2n) is 4.73. The second-order valence-corrected chi connectivity index (χ2v) is 6.77. The van der Waals surface area contributed by atoms with Crippen LogP contribution in [0, 0.1) is 0 Å². The first kappa shape index (κ1) is 15.3. The summed E-state index contributed by atoms with van der Waals surface area (Å²) in [5.41, 5.74) is -0.580. The molecular weight excluding hydrogens is 295 g/mol. The highest BCUT2D eigenvalue weighted by molar-refractivity contribution is 7.90. The molecule has 0 unspecified atom stereocenters. The largest absolute Gasteiger partial charge is 0.416 e. The van der Waals surface area contributed by atoms with Gasteiger partial charge in [0.15, 0.2) is 0 Å². The fourth-order valence-electron chi connectivity index (χ4n) is 1.70. The van der Waals surface area contributed by atoms with Crippen molar-refractivity contribution < 1.29 is 26.7 Å². The molecule has 1 fully saturated rings. The lowest BCUT2D eigenvalue weighted by Gasteiger charge is -2.13. The van der Waals surface area contributed by atoms with Crippen LogP contribution in [0.2, 0.25) is 0 Å². The van der Waals surface area contributed by atoms with Gasteiger partial charge in [-0.25, -0.2) is 13.1 Å². The fraction of sp³-hybridized carbons (Fsp3) is 0.500. The summed E-state index contributed by atoms with van der Waals surface area (Å²) in [5.74, 6) is 0. The Kier molecular flexibility index (Phi) is 4.08. The number of aliphatic hydroxyl groups excluding tert-OH is 1. The summed E-state index contributed by atoms with van der Waals surface area (Å²) in [6, 6.07) is 3.99. The van der Waals surface area contributed by atoms with Crippen LogP contribution in [0.25, 0.3) is 0 Å². The molecule has 0 spiro atoms. The molecule has 0 heterocycles. The van der Waals surface area contributed by atoms with Crippen LogP contribution >= 0.6 is 0 Å². The molecule has 8 heteroatoms. The van der Waals surface area contributed by atoms with E-state index in [1.165, 1.54) is 0 Å². The zero-order valence-electron chi connectivity index (χ0n) is 10.4. The molecule has 1 aliphatic rings. The van der Waals surface area contributed by atoms with E-state index >= 15 is 0 Å². The predicted molar refractivity (Wildman–Crippen MR) is 66.3 cm³/mol. The summed E-state index contributed by atoms with van der Waals surface area (Å²) >= 11 is 0. The van der Waals surface area contributed by atoms with Gasteiger partial charge in [-0.05, 0) is 30.5 Å². The van der Waals surface area contributed by atoms with Crippen LogP contribution in [0.15, 0.2) is 24.3 Å². The molecule has 0 radical (unpaired) electrons. The molecular formula is C12H14F3NO3S. The van der Waals surface area contributed by atoms with Gasteiger partial charge in [-0.1, -0.05) is 12.1 Å². The lowest BCUT2D eigenvalue weighted by atomic mass is 10.1. The molecule has 1 atom stereocenters. The zero-order chi connectivity index (χ0) is 15.0. The van der Waals surface area contributed by atoms with E-state index in [4.69, 9.17) is 0 Å². The van der Waals surface area contributed by atoms with Crippen LogP contribution in [0.3, 0.4) is 0 Å². The van der Waals surface area contributed by atoms with Gasteiger partial charge in [0.1, 0.15) is 0 Å². The average Bonchev–Trinajstić information content (AvgIpc) is 3.20. The Bertz CT molecular complexity index is 565. The molecule has 1 aliphatic carbocycles. The van der Waals surface area contributed by atoms with Crippen LogP contribution in [0.5, 0.6) is 0 Å². The van der Waals surface area contributed by atoms with Gasteiger partial charge >= 0.3 is 6.18 Å². The Labute approximate surface area is 114 Å². The van der Waals surface area contributed by atoms with Crippen molar-refractivity contribution in [2.45, 2.75) is 30.4 Å². The van der Waals surface area contributed by atoms with Crippen molar-refractivity contribution in [1.82, 2.24) is 4.72 Å². The lowest BCUT2D eigenvalue weighted by molar-refractivity contribution is -0.137. The van der Waals surface area contributed by atoms with E-state index in [1.54, 1.807) is 0 Å². The quantitative estimate of drug-likeness (QED) is 0.872. The number of hydrogen-bond acceptors (Lipinski definition) is 3. The van der Waals surface area contributed by atoms with Crippen molar-refractivity contribution in [3.8, 4) is 0 Å². The summed E-state index contributed by atoms with van der Waals surface area (Å²) in [6.07, 6.45) is -4.40. The van der Waals surface area contributed by atoms with Crippen molar-refractivity contribution in [1.29, 1.82) is 0 Å². The lowest BCUT2D eigenvalue weighted by Crippen LogP contribution is -2.31. The van der Waals surface area contributed by atoms with Gasteiger partial charge < -0.3 is 5.11 Å². The highest BCUT2D eigenvalue weighted by atomic mass is 32.2. The molecule has 2 rings (SSSR count). The summed E-state index contributed by atoms with van der Waals surface area (Å²) in [4.78, 5) is 0. The average molecular weight is 309 g/mol. The third-order valence-corrected chi connectivity index (χ3v) is 4.98. The minimum absolute atomic E-state index is 0.233. The van der Waals surface area contributed by atoms with E-state index in [-0.39, 0.29) is 12.1 Å². The number of halogens is 3. The monoisotopic (exact) mass is 309 g/mol. The molecule has 112 valence electrons. The van der Waals surface area contributed by atoms with E-state index < -0.39 is 33.1 Å². The first-order valence-corrected chi connectivity index (χ1v) is 7.58. The molecule has 2 N–H and O–H groups in total. The number of hydrogen-bond donors (Lipinski definition) is 2. The molecule has 1 saturated carbocycles. The van der Waals surface area contributed by atoms with Crippen molar-refractivity contribution in [3.63, 3.8) is 0 Å². The standard InChI is InChI=1S/C12H14F3NO3S/c13-12(14,15)9-3-1-8(2-4-9)11(17)7-16-20(18,19)10-5-6-10/h1-4,10-11,16-17H,5-7H2/t11-/m0/s1. The molecule has 1 aromatic carbocycles. The number of alkyl halides is 3. The van der Waals surface area contributed by atoms with Crippen molar-refractivity contribution in [2.24, 2.45) is 0 Å². The molecule has 0 amide bonds. The van der Waals surface area contributed by atoms with Crippen LogP contribution < -0.4 is 4.72 Å². The van der Waals surface area contributed by atoms with E-state index in [2.05, 4.69) is 4.72 Å². The predicted octanol–water partition coefficient (Wildman–Crippen LogP) is 1.82. The van der Waals surface area contributed by atoms with Gasteiger partial charge in [0.05, 0.1) is 16.9 Å². The first-order chi connectivity index (χ1) is 9.20. The Morgan fingerprint density at radius 3 is 2.25 bits per heavy atom. The third-order valence-electron chi connectivity index (χ3n) is 3.06. The van der Waals surface area contributed by atoms with Crippen LogP contribution in [0.4, 0.5) is 13.2 Å². The van der Waals surface area contributed by atoms with Gasteiger partial charge in [-0.15, -0.1) is 0 Å². The highest BCUT2D eigenvalue weighted by Crippen LogP contribution is 2.30. The molecule has 0 aromatic heterocycles. The van der Waals surface area contributed by atoms with Crippen molar-refractivity contribution in [3.05, 3.63) is 35.4 Å². The number of benzene rings is 1. The topological polar surface area (TPSA) is 66.4 Å². The Morgan fingerprint density at radius 2 is 1.80 bits per heavy atom. The number of aliphatic hydroxyl groups is 1. The summed E-state index contributed by atoms with van der Waals surface area (Å²) in [7, 11) is -3.41. The van der Waals surface area contributed by atoms with Gasteiger partial charge in [-0.3, -0.25) is 0 Å². The normalized spacial score (nSPS) is 18.0. The third kappa shape index (κ3) is 3.71. The van der Waals surface area contributed by atoms with E-state index in [9.17, 15) is 26.7 Å². The SMILES string of the molecule is O=S(=O)(NC[C@H](O)c1ccc(C(F)(F)F)cc1)C1CC1. The molecule has 0 saturated heterocycles. The highest BCUT2D eigenvalue weighted by Gasteiger charge is 2.35. The second kappa shape index (κ2) is 5.34. The van der Waals surface area contributed by atoms with Crippen LogP contribution in [-0.2, 0) is 16.2 Å². The molecule has 0 bridgehead atoms. The maximum absolute atomic E-state index is 12.4. The summed E-state index contributed by atoms with van der Waals surface area (Å²) < 4.78 is 62.5. The summed E-state index contributed by atoms with van der Waals surface area (Å²) in [6.45, 7) is -0.246. The minimum atomic E-state index is -4.43. The Hall–Kier alpha value is -1.12. The number of nitrogens with one attached hydrogen (secondary N) is 1.